The van der Waals surface area contributed by atoms with Gasteiger partial charge in [0.2, 0.25) is 0 Å². The van der Waals surface area contributed by atoms with Crippen molar-refractivity contribution >= 4 is 0 Å². The minimum atomic E-state index is -1.70. The van der Waals surface area contributed by atoms with Gasteiger partial charge in [0.15, 0.2) is 6.29 Å². The van der Waals surface area contributed by atoms with Crippen molar-refractivity contribution in [3.8, 4) is 0 Å². The molecule has 11 heteroatoms. The zero-order chi connectivity index (χ0) is 18.0. The standard InChI is InChI=1S/C13H25NO10/c15-1-4-7(18)12(8(19)5(2-16)14-4)24-13-11(22)10(21)9(20)6(3-17)23-13/h4-22H,1-3H2/t4-,5-,6-,7-,8-,9-,10+,11-,13-/m1/s1. The number of hydrogen-bond donors (Lipinski definition) is 9. The fourth-order valence-electron chi connectivity index (χ4n) is 2.95. The second kappa shape index (κ2) is 8.29. The lowest BCUT2D eigenvalue weighted by Crippen LogP contribution is -2.69. The van der Waals surface area contributed by atoms with Gasteiger partial charge in [0.05, 0.1) is 31.9 Å². The van der Waals surface area contributed by atoms with Crippen LogP contribution in [0.1, 0.15) is 0 Å². The predicted octanol–water partition coefficient (Wildman–Crippen LogP) is -5.78. The number of aliphatic hydroxyl groups excluding tert-OH is 8. The summed E-state index contributed by atoms with van der Waals surface area (Å²) >= 11 is 0. The Morgan fingerprint density at radius 2 is 1.25 bits per heavy atom. The van der Waals surface area contributed by atoms with Gasteiger partial charge in [0, 0.05) is 0 Å². The van der Waals surface area contributed by atoms with E-state index in [0.29, 0.717) is 0 Å². The van der Waals surface area contributed by atoms with Crippen molar-refractivity contribution in [3.63, 3.8) is 0 Å². The highest BCUT2D eigenvalue weighted by molar-refractivity contribution is 5.00. The maximum absolute atomic E-state index is 10.2. The van der Waals surface area contributed by atoms with Crippen LogP contribution in [0.25, 0.3) is 0 Å². The summed E-state index contributed by atoms with van der Waals surface area (Å²) in [5, 5.41) is 80.1. The number of piperidine rings is 1. The summed E-state index contributed by atoms with van der Waals surface area (Å²) in [6.07, 6.45) is -11.8. The summed E-state index contributed by atoms with van der Waals surface area (Å²) in [6.45, 7) is -1.65. The third-order valence-corrected chi connectivity index (χ3v) is 4.46. The summed E-state index contributed by atoms with van der Waals surface area (Å²) in [6, 6.07) is -1.80. The second-order valence-corrected chi connectivity index (χ2v) is 6.02. The predicted molar refractivity (Wildman–Crippen MR) is 75.5 cm³/mol. The molecular weight excluding hydrogens is 330 g/mol. The molecular formula is C13H25NO10. The normalized spacial score (nSPS) is 50.0. The minimum Gasteiger partial charge on any atom is -0.395 e. The molecule has 2 saturated heterocycles. The largest absolute Gasteiger partial charge is 0.395 e. The van der Waals surface area contributed by atoms with E-state index in [-0.39, 0.29) is 0 Å². The van der Waals surface area contributed by atoms with Crippen molar-refractivity contribution in [1.82, 2.24) is 5.32 Å². The quantitative estimate of drug-likeness (QED) is 0.228. The molecule has 0 aromatic rings. The van der Waals surface area contributed by atoms with Gasteiger partial charge in [0.25, 0.3) is 0 Å². The smallest absolute Gasteiger partial charge is 0.187 e. The van der Waals surface area contributed by atoms with E-state index < -0.39 is 80.9 Å². The molecule has 9 atom stereocenters. The molecule has 24 heavy (non-hydrogen) atoms. The fraction of sp³-hybridized carbons (Fsp3) is 1.00. The van der Waals surface area contributed by atoms with Crippen molar-refractivity contribution in [1.29, 1.82) is 0 Å². The molecule has 2 rings (SSSR count). The Morgan fingerprint density at radius 3 is 1.71 bits per heavy atom. The van der Waals surface area contributed by atoms with Crippen molar-refractivity contribution in [2.45, 2.75) is 61.1 Å². The highest BCUT2D eigenvalue weighted by Gasteiger charge is 2.49. The number of aliphatic hydroxyl groups is 8. The number of hydrogen-bond acceptors (Lipinski definition) is 11. The fourth-order valence-corrected chi connectivity index (χ4v) is 2.95. The summed E-state index contributed by atoms with van der Waals surface area (Å²) < 4.78 is 10.5. The molecule has 0 spiro atoms. The molecule has 0 bridgehead atoms. The summed E-state index contributed by atoms with van der Waals surface area (Å²) in [5.74, 6) is 0. The molecule has 0 saturated carbocycles. The van der Waals surface area contributed by atoms with Gasteiger partial charge in [0.1, 0.15) is 42.7 Å². The van der Waals surface area contributed by atoms with Crippen molar-refractivity contribution in [2.75, 3.05) is 19.8 Å². The van der Waals surface area contributed by atoms with Gasteiger partial charge < -0.3 is 55.6 Å². The molecule has 142 valence electrons. The van der Waals surface area contributed by atoms with E-state index in [1.165, 1.54) is 0 Å². The molecule has 0 aliphatic carbocycles. The first kappa shape index (κ1) is 19.9. The molecule has 2 aliphatic heterocycles. The first-order valence-corrected chi connectivity index (χ1v) is 7.65. The lowest BCUT2D eigenvalue weighted by atomic mass is 9.90. The van der Waals surface area contributed by atoms with E-state index in [2.05, 4.69) is 5.32 Å². The second-order valence-electron chi connectivity index (χ2n) is 6.02. The Hall–Kier alpha value is -0.440. The zero-order valence-electron chi connectivity index (χ0n) is 12.8. The average molecular weight is 355 g/mol. The molecule has 11 nitrogen and oxygen atoms in total. The van der Waals surface area contributed by atoms with Crippen LogP contribution >= 0.6 is 0 Å². The van der Waals surface area contributed by atoms with E-state index in [1.54, 1.807) is 0 Å². The highest BCUT2D eigenvalue weighted by Crippen LogP contribution is 2.27. The van der Waals surface area contributed by atoms with E-state index in [4.69, 9.17) is 14.6 Å². The zero-order valence-corrected chi connectivity index (χ0v) is 12.8. The van der Waals surface area contributed by atoms with Crippen LogP contribution in [0.15, 0.2) is 0 Å². The van der Waals surface area contributed by atoms with Crippen LogP contribution in [-0.2, 0) is 9.47 Å². The van der Waals surface area contributed by atoms with Gasteiger partial charge in [-0.15, -0.1) is 0 Å². The van der Waals surface area contributed by atoms with Gasteiger partial charge in [-0.2, -0.15) is 0 Å². The first-order valence-electron chi connectivity index (χ1n) is 7.65. The van der Waals surface area contributed by atoms with Crippen LogP contribution < -0.4 is 5.32 Å². The summed E-state index contributed by atoms with van der Waals surface area (Å²) in [4.78, 5) is 0. The van der Waals surface area contributed by atoms with Crippen LogP contribution in [0, 0.1) is 0 Å². The Bertz CT molecular complexity index is 383. The van der Waals surface area contributed by atoms with E-state index >= 15 is 0 Å². The average Bonchev–Trinajstić information content (AvgIpc) is 2.58. The van der Waals surface area contributed by atoms with Crippen LogP contribution in [0.4, 0.5) is 0 Å². The van der Waals surface area contributed by atoms with Gasteiger partial charge in [-0.25, -0.2) is 0 Å². The van der Waals surface area contributed by atoms with Gasteiger partial charge in [-0.3, -0.25) is 0 Å². The Balaban J connectivity index is 2.14. The van der Waals surface area contributed by atoms with Gasteiger partial charge >= 0.3 is 0 Å². The van der Waals surface area contributed by atoms with E-state index in [0.717, 1.165) is 0 Å². The monoisotopic (exact) mass is 355 g/mol. The topological polar surface area (TPSA) is 192 Å². The highest BCUT2D eigenvalue weighted by atomic mass is 16.7. The minimum absolute atomic E-state index is 0.501. The van der Waals surface area contributed by atoms with Crippen molar-refractivity contribution in [3.05, 3.63) is 0 Å². The van der Waals surface area contributed by atoms with Crippen molar-refractivity contribution < 1.29 is 50.3 Å². The van der Waals surface area contributed by atoms with Crippen LogP contribution in [0.5, 0.6) is 0 Å². The summed E-state index contributed by atoms with van der Waals surface area (Å²) in [5.41, 5.74) is 0. The lowest BCUT2D eigenvalue weighted by molar-refractivity contribution is -0.328. The van der Waals surface area contributed by atoms with Crippen molar-refractivity contribution in [2.24, 2.45) is 0 Å². The molecule has 2 aliphatic rings. The third kappa shape index (κ3) is 3.71. The van der Waals surface area contributed by atoms with Crippen LogP contribution in [0.3, 0.4) is 0 Å². The summed E-state index contributed by atoms with van der Waals surface area (Å²) in [7, 11) is 0. The maximum Gasteiger partial charge on any atom is 0.187 e. The SMILES string of the molecule is OC[C@H]1N[C@H](CO)[C@@H](O)C(O[C@H]2O[C@H](CO)[C@@H](O)[C@H](O)[C@H]2O)[C@@H]1O. The molecule has 0 unspecified atom stereocenters. The number of ether oxygens (including phenoxy) is 2. The van der Waals surface area contributed by atoms with E-state index in [1.807, 2.05) is 0 Å². The molecule has 9 N–H and O–H groups in total. The first-order chi connectivity index (χ1) is 11.3. The third-order valence-electron chi connectivity index (χ3n) is 4.46. The van der Waals surface area contributed by atoms with Crippen LogP contribution in [-0.4, -0.2) is 122 Å². The molecule has 0 aromatic carbocycles. The Morgan fingerprint density at radius 1 is 0.708 bits per heavy atom. The maximum atomic E-state index is 10.2. The number of nitrogens with one attached hydrogen (secondary N) is 1. The molecule has 0 radical (unpaired) electrons. The molecule has 0 amide bonds. The molecule has 2 fully saturated rings. The molecule has 2 heterocycles. The van der Waals surface area contributed by atoms with Gasteiger partial charge in [-0.1, -0.05) is 0 Å². The number of rotatable bonds is 5. The van der Waals surface area contributed by atoms with E-state index in [9.17, 15) is 35.7 Å². The van der Waals surface area contributed by atoms with Gasteiger partial charge in [-0.05, 0) is 0 Å². The molecule has 0 aromatic heterocycles. The van der Waals surface area contributed by atoms with Crippen LogP contribution in [0.2, 0.25) is 0 Å². The lowest BCUT2D eigenvalue weighted by Gasteiger charge is -2.46. The Kier molecular flexibility index (Phi) is 6.87. The Labute approximate surface area is 137 Å².